The van der Waals surface area contributed by atoms with Crippen molar-refractivity contribution in [2.75, 3.05) is 9.80 Å². The second kappa shape index (κ2) is 15.2. The van der Waals surface area contributed by atoms with Crippen molar-refractivity contribution in [2.45, 2.75) is 88.5 Å². The van der Waals surface area contributed by atoms with Crippen LogP contribution in [-0.2, 0) is 5.41 Å². The molecule has 2 heteroatoms. The number of fused-ring (bicyclic) bond motifs is 9. The van der Waals surface area contributed by atoms with E-state index in [2.05, 4.69) is 251 Å². The van der Waals surface area contributed by atoms with E-state index >= 15 is 0 Å². The van der Waals surface area contributed by atoms with Gasteiger partial charge in [0.15, 0.2) is 0 Å². The predicted molar refractivity (Wildman–Crippen MR) is 282 cm³/mol. The van der Waals surface area contributed by atoms with Crippen molar-refractivity contribution in [2.24, 2.45) is 10.8 Å². The first-order valence-corrected chi connectivity index (χ1v) is 23.4. The maximum atomic E-state index is 2.58. The van der Waals surface area contributed by atoms with E-state index in [1.54, 1.807) is 0 Å². The standard InChI is InChI=1S/C63H62N2/c1-39-19-26-47(27-20-39)64(57-33-41(3)17-23-43(57)5)49-30-25-45-36-55-56(37-46(45)35-49)63(61(7,8)9,62(10,11)12)60-53-32-31-50(38-54(53)51-15-13-14-16-52(51)59(55)60)65(48-28-21-40(2)22-29-48)58-34-42(4)18-24-44(58)6/h13-38H,1-12H3. The molecule has 0 bridgehead atoms. The minimum Gasteiger partial charge on any atom is -0.310 e. The summed E-state index contributed by atoms with van der Waals surface area (Å²) in [6.45, 7) is 28.0. The zero-order valence-corrected chi connectivity index (χ0v) is 40.4. The van der Waals surface area contributed by atoms with Crippen LogP contribution in [0.1, 0.15) is 86.1 Å². The Labute approximate surface area is 387 Å². The highest BCUT2D eigenvalue weighted by Crippen LogP contribution is 2.68. The summed E-state index contributed by atoms with van der Waals surface area (Å²) in [5.74, 6) is 0. The lowest BCUT2D eigenvalue weighted by atomic mass is 9.49. The third kappa shape index (κ3) is 6.67. The zero-order valence-electron chi connectivity index (χ0n) is 40.4. The number of hydrogen-bond acceptors (Lipinski definition) is 2. The van der Waals surface area contributed by atoms with Gasteiger partial charge in [-0.1, -0.05) is 138 Å². The Bertz CT molecular complexity index is 3320. The van der Waals surface area contributed by atoms with Crippen molar-refractivity contribution in [1.82, 2.24) is 0 Å². The number of rotatable bonds is 6. The summed E-state index contributed by atoms with van der Waals surface area (Å²) in [5, 5.41) is 7.73. The van der Waals surface area contributed by atoms with Crippen LogP contribution < -0.4 is 9.80 Å². The second-order valence-electron chi connectivity index (χ2n) is 21.1. The first kappa shape index (κ1) is 42.3. The van der Waals surface area contributed by atoms with Crippen molar-refractivity contribution < 1.29 is 0 Å². The van der Waals surface area contributed by atoms with Gasteiger partial charge >= 0.3 is 0 Å². The van der Waals surface area contributed by atoms with Gasteiger partial charge in [-0.05, 0) is 202 Å². The molecule has 0 spiro atoms. The molecule has 324 valence electrons. The van der Waals surface area contributed by atoms with Crippen molar-refractivity contribution in [3.63, 3.8) is 0 Å². The lowest BCUT2D eigenvalue weighted by molar-refractivity contribution is 0.0965. The lowest BCUT2D eigenvalue weighted by Crippen LogP contribution is -2.50. The van der Waals surface area contributed by atoms with Crippen LogP contribution in [0.3, 0.4) is 0 Å². The molecule has 0 fully saturated rings. The molecule has 2 nitrogen and oxygen atoms in total. The maximum Gasteiger partial charge on any atom is 0.0493 e. The molecule has 65 heavy (non-hydrogen) atoms. The van der Waals surface area contributed by atoms with Gasteiger partial charge in [0.25, 0.3) is 0 Å². The van der Waals surface area contributed by atoms with Crippen LogP contribution in [-0.4, -0.2) is 0 Å². The molecule has 0 unspecified atom stereocenters. The van der Waals surface area contributed by atoms with Gasteiger partial charge in [-0.25, -0.2) is 0 Å². The minimum atomic E-state index is -0.355. The average Bonchev–Trinajstić information content (AvgIpc) is 3.59. The van der Waals surface area contributed by atoms with Gasteiger partial charge < -0.3 is 9.80 Å². The Kier molecular flexibility index (Phi) is 9.92. The van der Waals surface area contributed by atoms with Crippen LogP contribution in [0.5, 0.6) is 0 Å². The van der Waals surface area contributed by atoms with Gasteiger partial charge in [-0.15, -0.1) is 0 Å². The summed E-state index contributed by atoms with van der Waals surface area (Å²) in [6, 6.07) is 60.3. The highest BCUT2D eigenvalue weighted by Gasteiger charge is 2.58. The summed E-state index contributed by atoms with van der Waals surface area (Å²) in [4.78, 5) is 4.90. The van der Waals surface area contributed by atoms with Crippen LogP contribution >= 0.6 is 0 Å². The number of benzene rings is 9. The topological polar surface area (TPSA) is 6.48 Å². The van der Waals surface area contributed by atoms with E-state index in [1.807, 2.05) is 0 Å². The van der Waals surface area contributed by atoms with Crippen LogP contribution in [0.4, 0.5) is 34.1 Å². The summed E-state index contributed by atoms with van der Waals surface area (Å²) < 4.78 is 0. The van der Waals surface area contributed by atoms with Crippen molar-refractivity contribution >= 4 is 66.4 Å². The quantitative estimate of drug-likeness (QED) is 0.154. The van der Waals surface area contributed by atoms with Crippen LogP contribution in [0.2, 0.25) is 0 Å². The SMILES string of the molecule is Cc1ccc(N(c2ccc3cc4c(cc3c2)C(C(C)(C)C)(C(C)(C)C)c2c-4c3ccccc3c3cc(N(c4ccc(C)cc4)c4cc(C)ccc4C)ccc23)c2cc(C)ccc2C)cc1. The molecule has 0 heterocycles. The Morgan fingerprint density at radius 3 is 1.38 bits per heavy atom. The Morgan fingerprint density at radius 1 is 0.369 bits per heavy atom. The molecule has 10 rings (SSSR count). The molecule has 0 atom stereocenters. The summed E-state index contributed by atoms with van der Waals surface area (Å²) in [6.07, 6.45) is 0. The number of hydrogen-bond donors (Lipinski definition) is 0. The second-order valence-corrected chi connectivity index (χ2v) is 21.1. The van der Waals surface area contributed by atoms with Gasteiger partial charge in [0.2, 0.25) is 0 Å². The normalized spacial score (nSPS) is 13.4. The molecular formula is C63H62N2. The van der Waals surface area contributed by atoms with Gasteiger partial charge in [0.05, 0.1) is 0 Å². The molecule has 0 aromatic heterocycles. The largest absolute Gasteiger partial charge is 0.310 e. The Balaban J connectivity index is 1.26. The Morgan fingerprint density at radius 2 is 0.846 bits per heavy atom. The Hall–Kier alpha value is -6.64. The van der Waals surface area contributed by atoms with E-state index in [0.29, 0.717) is 0 Å². The average molecular weight is 847 g/mol. The number of aryl methyl sites for hydroxylation is 6. The minimum absolute atomic E-state index is 0.163. The monoisotopic (exact) mass is 846 g/mol. The fourth-order valence-electron chi connectivity index (χ4n) is 11.9. The van der Waals surface area contributed by atoms with Crippen molar-refractivity contribution in [3.8, 4) is 11.1 Å². The molecule has 0 saturated heterocycles. The fourth-order valence-corrected chi connectivity index (χ4v) is 11.9. The predicted octanol–water partition coefficient (Wildman–Crippen LogP) is 18.3. The van der Waals surface area contributed by atoms with E-state index in [0.717, 1.165) is 22.7 Å². The molecule has 0 aliphatic heterocycles. The van der Waals surface area contributed by atoms with Crippen LogP contribution in [0, 0.1) is 52.4 Å². The summed E-state index contributed by atoms with van der Waals surface area (Å²) >= 11 is 0. The maximum absolute atomic E-state index is 2.58. The van der Waals surface area contributed by atoms with Gasteiger partial charge in [-0.3, -0.25) is 0 Å². The van der Waals surface area contributed by atoms with Crippen LogP contribution in [0.15, 0.2) is 158 Å². The third-order valence-electron chi connectivity index (χ3n) is 14.6. The van der Waals surface area contributed by atoms with Crippen molar-refractivity contribution in [3.05, 3.63) is 202 Å². The first-order chi connectivity index (χ1) is 31.0. The third-order valence-corrected chi connectivity index (χ3v) is 14.6. The van der Waals surface area contributed by atoms with E-state index in [4.69, 9.17) is 0 Å². The van der Waals surface area contributed by atoms with Gasteiger partial charge in [0, 0.05) is 39.5 Å². The molecule has 9 aromatic rings. The van der Waals surface area contributed by atoms with E-state index in [1.165, 1.54) is 99.3 Å². The van der Waals surface area contributed by atoms with Crippen molar-refractivity contribution in [1.29, 1.82) is 0 Å². The smallest absolute Gasteiger partial charge is 0.0493 e. The number of anilines is 6. The van der Waals surface area contributed by atoms with E-state index in [-0.39, 0.29) is 16.2 Å². The van der Waals surface area contributed by atoms with Gasteiger partial charge in [-0.2, -0.15) is 0 Å². The number of nitrogens with zero attached hydrogens (tertiary/aromatic N) is 2. The molecule has 1 aliphatic rings. The van der Waals surface area contributed by atoms with E-state index in [9.17, 15) is 0 Å². The lowest BCUT2D eigenvalue weighted by Gasteiger charge is -2.53. The fraction of sp³-hybridized carbons (Fsp3) is 0.238. The summed E-state index contributed by atoms with van der Waals surface area (Å²) in [7, 11) is 0. The molecule has 0 N–H and O–H groups in total. The van der Waals surface area contributed by atoms with Crippen LogP contribution in [0.25, 0.3) is 43.4 Å². The molecule has 1 aliphatic carbocycles. The highest BCUT2D eigenvalue weighted by molar-refractivity contribution is 6.20. The molecule has 0 amide bonds. The van der Waals surface area contributed by atoms with Gasteiger partial charge in [0.1, 0.15) is 0 Å². The first-order valence-electron chi connectivity index (χ1n) is 23.4. The highest BCUT2D eigenvalue weighted by atomic mass is 15.1. The molecular weight excluding hydrogens is 785 g/mol. The van der Waals surface area contributed by atoms with E-state index < -0.39 is 0 Å². The summed E-state index contributed by atoms with van der Waals surface area (Å²) in [5.41, 5.74) is 19.5. The molecule has 9 aromatic carbocycles. The molecule has 0 saturated carbocycles. The molecule has 0 radical (unpaired) electrons. The zero-order chi connectivity index (χ0) is 45.7.